The van der Waals surface area contributed by atoms with Crippen LogP contribution in [-0.4, -0.2) is 45.8 Å². The number of ether oxygens (including phenoxy) is 3. The molecule has 0 aromatic heterocycles. The highest BCUT2D eigenvalue weighted by molar-refractivity contribution is 6.55. The van der Waals surface area contributed by atoms with Gasteiger partial charge in [-0.25, -0.2) is 4.39 Å². The normalized spacial score (nSPS) is 18.8. The molecule has 0 aliphatic carbocycles. The summed E-state index contributed by atoms with van der Waals surface area (Å²) in [5.74, 6) is 1.12. The van der Waals surface area contributed by atoms with E-state index in [4.69, 9.17) is 23.5 Å². The van der Waals surface area contributed by atoms with E-state index in [0.29, 0.717) is 42.3 Å². The van der Waals surface area contributed by atoms with Crippen molar-refractivity contribution in [2.75, 3.05) is 27.4 Å². The summed E-state index contributed by atoms with van der Waals surface area (Å²) in [4.78, 5) is 0. The zero-order valence-electron chi connectivity index (χ0n) is 18.1. The number of hydrogen-bond donors (Lipinski definition) is 0. The molecule has 1 fully saturated rings. The lowest BCUT2D eigenvalue weighted by Gasteiger charge is -2.32. The molecule has 156 valence electrons. The van der Waals surface area contributed by atoms with Gasteiger partial charge in [0.25, 0.3) is 0 Å². The third-order valence-corrected chi connectivity index (χ3v) is 5.33. The molecule has 5 nitrogen and oxygen atoms in total. The highest BCUT2D eigenvalue weighted by atomic mass is 19.1. The minimum absolute atomic E-state index is 0.394. The maximum Gasteiger partial charge on any atom is 0.525 e. The van der Waals surface area contributed by atoms with Crippen LogP contribution < -0.4 is 9.47 Å². The van der Waals surface area contributed by atoms with Crippen molar-refractivity contribution in [3.63, 3.8) is 0 Å². The molecule has 7 heteroatoms. The van der Waals surface area contributed by atoms with Crippen LogP contribution in [0.4, 0.5) is 4.39 Å². The second-order valence-electron chi connectivity index (χ2n) is 7.85. The van der Waals surface area contributed by atoms with E-state index in [0.717, 1.165) is 6.42 Å². The molecule has 0 N–H and O–H groups in total. The van der Waals surface area contributed by atoms with Crippen LogP contribution in [0.15, 0.2) is 23.9 Å². The molecule has 0 atom stereocenters. The summed E-state index contributed by atoms with van der Waals surface area (Å²) < 4.78 is 43.6. The third-order valence-electron chi connectivity index (χ3n) is 5.33. The van der Waals surface area contributed by atoms with Crippen LogP contribution in [0.1, 0.15) is 53.0 Å². The van der Waals surface area contributed by atoms with Crippen LogP contribution >= 0.6 is 0 Å². The summed E-state index contributed by atoms with van der Waals surface area (Å²) in [6.07, 6.45) is 1.31. The summed E-state index contributed by atoms with van der Waals surface area (Å²) in [7, 11) is 2.07. The number of halogens is 1. The first-order chi connectivity index (χ1) is 13.2. The van der Waals surface area contributed by atoms with E-state index < -0.39 is 24.0 Å². The number of rotatable bonds is 9. The predicted octanol–water partition coefficient (Wildman–Crippen LogP) is 4.83. The van der Waals surface area contributed by atoms with Gasteiger partial charge < -0.3 is 23.5 Å². The maximum atomic E-state index is 15.6. The molecule has 0 unspecified atom stereocenters. The minimum atomic E-state index is -1.06. The molecule has 1 aliphatic heterocycles. The standard InChI is InChI=1S/C21H32BFO5/c1-8-12-26-13-11-16(15-9-10-17(24-6)18(14-15)25-7)19(23)22-27-20(2,3)21(4,5)28-22/h9-10,14H,8,11-13H2,1-7H3. The van der Waals surface area contributed by atoms with Gasteiger partial charge in [0.05, 0.1) is 32.0 Å². The second kappa shape index (κ2) is 9.29. The van der Waals surface area contributed by atoms with Gasteiger partial charge in [0.2, 0.25) is 0 Å². The van der Waals surface area contributed by atoms with Gasteiger partial charge in [-0.2, -0.15) is 0 Å². The lowest BCUT2D eigenvalue weighted by molar-refractivity contribution is 0.00578. The Hall–Kier alpha value is -1.57. The molecule has 1 saturated heterocycles. The van der Waals surface area contributed by atoms with Crippen LogP contribution in [0.2, 0.25) is 0 Å². The van der Waals surface area contributed by atoms with E-state index in [1.807, 2.05) is 34.6 Å². The summed E-state index contributed by atoms with van der Waals surface area (Å²) in [6, 6.07) is 5.33. The van der Waals surface area contributed by atoms with Crippen LogP contribution in [0.3, 0.4) is 0 Å². The Morgan fingerprint density at radius 2 is 1.61 bits per heavy atom. The fourth-order valence-corrected chi connectivity index (χ4v) is 2.93. The molecule has 0 amide bonds. The van der Waals surface area contributed by atoms with E-state index in [2.05, 4.69) is 0 Å². The Bertz CT molecular complexity index is 686. The van der Waals surface area contributed by atoms with Crippen molar-refractivity contribution in [2.24, 2.45) is 0 Å². The quantitative estimate of drug-likeness (QED) is 0.443. The smallest absolute Gasteiger partial charge is 0.493 e. The van der Waals surface area contributed by atoms with Gasteiger partial charge in [0, 0.05) is 6.61 Å². The molecule has 0 spiro atoms. The zero-order chi connectivity index (χ0) is 20.9. The predicted molar refractivity (Wildman–Crippen MR) is 109 cm³/mol. The van der Waals surface area contributed by atoms with Crippen molar-refractivity contribution in [1.29, 1.82) is 0 Å². The Labute approximate surface area is 168 Å². The number of hydrogen-bond acceptors (Lipinski definition) is 5. The van der Waals surface area contributed by atoms with Crippen molar-refractivity contribution in [3.8, 4) is 11.5 Å². The molecule has 1 aliphatic rings. The molecule has 2 rings (SSSR count). The Morgan fingerprint density at radius 1 is 1.00 bits per heavy atom. The monoisotopic (exact) mass is 394 g/mol. The molecule has 28 heavy (non-hydrogen) atoms. The lowest BCUT2D eigenvalue weighted by atomic mass is 9.81. The first-order valence-corrected chi connectivity index (χ1v) is 9.71. The topological polar surface area (TPSA) is 46.2 Å². The zero-order valence-corrected chi connectivity index (χ0v) is 18.1. The molecule has 0 radical (unpaired) electrons. The highest BCUT2D eigenvalue weighted by Gasteiger charge is 2.53. The molecule has 1 aromatic rings. The SMILES string of the molecule is CCCOCCC(=C(F)B1OC(C)(C)C(C)(C)O1)c1ccc(OC)c(OC)c1. The molecule has 0 bridgehead atoms. The molecular formula is C21H32BFO5. The summed E-state index contributed by atoms with van der Waals surface area (Å²) in [6.45, 7) is 10.7. The highest BCUT2D eigenvalue weighted by Crippen LogP contribution is 2.41. The van der Waals surface area contributed by atoms with Gasteiger partial charge in [-0.1, -0.05) is 13.0 Å². The number of methoxy groups -OCH3 is 2. The van der Waals surface area contributed by atoms with Gasteiger partial charge in [-0.15, -0.1) is 0 Å². The van der Waals surface area contributed by atoms with Crippen molar-refractivity contribution in [2.45, 2.75) is 58.7 Å². The molecule has 1 heterocycles. The average Bonchev–Trinajstić information content (AvgIpc) is 2.88. The Kier molecular flexibility index (Phi) is 7.54. The minimum Gasteiger partial charge on any atom is -0.493 e. The van der Waals surface area contributed by atoms with Crippen LogP contribution in [0.25, 0.3) is 5.57 Å². The van der Waals surface area contributed by atoms with Gasteiger partial charge in [-0.3, -0.25) is 0 Å². The van der Waals surface area contributed by atoms with E-state index in [1.165, 1.54) is 0 Å². The Morgan fingerprint density at radius 3 is 2.14 bits per heavy atom. The molecular weight excluding hydrogens is 362 g/mol. The van der Waals surface area contributed by atoms with Crippen LogP contribution in [-0.2, 0) is 14.0 Å². The average molecular weight is 394 g/mol. The summed E-state index contributed by atoms with van der Waals surface area (Å²) in [5, 5.41) is 0. The Balaban J connectivity index is 2.40. The van der Waals surface area contributed by atoms with Gasteiger partial charge in [0.15, 0.2) is 11.5 Å². The first kappa shape index (κ1) is 22.7. The van der Waals surface area contributed by atoms with E-state index >= 15 is 4.39 Å². The van der Waals surface area contributed by atoms with Gasteiger partial charge in [-0.05, 0) is 63.8 Å². The van der Waals surface area contributed by atoms with Crippen molar-refractivity contribution < 1.29 is 27.9 Å². The molecule has 0 saturated carbocycles. The van der Waals surface area contributed by atoms with Crippen LogP contribution in [0, 0.1) is 0 Å². The fraction of sp³-hybridized carbons (Fsp3) is 0.619. The van der Waals surface area contributed by atoms with E-state index in [1.54, 1.807) is 32.4 Å². The summed E-state index contributed by atoms with van der Waals surface area (Å²) >= 11 is 0. The van der Waals surface area contributed by atoms with Gasteiger partial charge >= 0.3 is 7.12 Å². The van der Waals surface area contributed by atoms with Crippen molar-refractivity contribution in [3.05, 3.63) is 29.5 Å². The second-order valence-corrected chi connectivity index (χ2v) is 7.85. The summed E-state index contributed by atoms with van der Waals surface area (Å²) in [5.41, 5.74) is -0.501. The van der Waals surface area contributed by atoms with E-state index in [-0.39, 0.29) is 0 Å². The molecule has 1 aromatic carbocycles. The van der Waals surface area contributed by atoms with Crippen molar-refractivity contribution >= 4 is 12.7 Å². The van der Waals surface area contributed by atoms with E-state index in [9.17, 15) is 0 Å². The lowest BCUT2D eigenvalue weighted by Crippen LogP contribution is -2.41. The van der Waals surface area contributed by atoms with Gasteiger partial charge in [0.1, 0.15) is 5.73 Å². The third kappa shape index (κ3) is 4.88. The fourth-order valence-electron chi connectivity index (χ4n) is 2.93. The maximum absolute atomic E-state index is 15.6. The van der Waals surface area contributed by atoms with Crippen molar-refractivity contribution in [1.82, 2.24) is 0 Å². The largest absolute Gasteiger partial charge is 0.525 e. The first-order valence-electron chi connectivity index (χ1n) is 9.71. The number of benzene rings is 1. The van der Waals surface area contributed by atoms with Crippen LogP contribution in [0.5, 0.6) is 11.5 Å².